The first-order valence-electron chi connectivity index (χ1n) is 9.66. The molecule has 0 spiro atoms. The lowest BCUT2D eigenvalue weighted by molar-refractivity contribution is 0.198. The molecule has 2 heterocycles. The third kappa shape index (κ3) is 5.76. The second kappa shape index (κ2) is 9.64. The highest BCUT2D eigenvalue weighted by Gasteiger charge is 2.20. The summed E-state index contributed by atoms with van der Waals surface area (Å²) in [5, 5.41) is 11.1. The molecule has 152 valence electrons. The van der Waals surface area contributed by atoms with Gasteiger partial charge in [-0.3, -0.25) is 14.6 Å². The number of halogens is 2. The third-order valence-corrected chi connectivity index (χ3v) is 4.94. The van der Waals surface area contributed by atoms with Gasteiger partial charge in [-0.2, -0.15) is 5.10 Å². The molecule has 0 radical (unpaired) electrons. The van der Waals surface area contributed by atoms with Gasteiger partial charge in [-0.1, -0.05) is 6.07 Å². The molecule has 0 saturated carbocycles. The second-order valence-corrected chi connectivity index (χ2v) is 7.22. The van der Waals surface area contributed by atoms with E-state index < -0.39 is 11.6 Å². The summed E-state index contributed by atoms with van der Waals surface area (Å²) < 4.78 is 28.3. The van der Waals surface area contributed by atoms with E-state index >= 15 is 0 Å². The van der Waals surface area contributed by atoms with Gasteiger partial charge in [0.1, 0.15) is 0 Å². The summed E-state index contributed by atoms with van der Waals surface area (Å²) in [6.45, 7) is 5.99. The van der Waals surface area contributed by atoms with Crippen molar-refractivity contribution in [2.24, 2.45) is 4.99 Å². The zero-order valence-corrected chi connectivity index (χ0v) is 16.5. The third-order valence-electron chi connectivity index (χ3n) is 4.94. The molecular weight excluding hydrogens is 362 g/mol. The summed E-state index contributed by atoms with van der Waals surface area (Å²) in [4.78, 5) is 6.56. The number of rotatable bonds is 6. The molecule has 0 aliphatic carbocycles. The van der Waals surface area contributed by atoms with E-state index in [4.69, 9.17) is 0 Å². The maximum atomic E-state index is 13.4. The van der Waals surface area contributed by atoms with Gasteiger partial charge in [-0.25, -0.2) is 8.78 Å². The van der Waals surface area contributed by atoms with Crippen LogP contribution in [-0.4, -0.2) is 53.4 Å². The molecular formula is C20H28F2N6. The van der Waals surface area contributed by atoms with Crippen LogP contribution in [0.4, 0.5) is 8.78 Å². The number of aliphatic imine (C=N–C) groups is 1. The van der Waals surface area contributed by atoms with Crippen LogP contribution in [0.3, 0.4) is 0 Å². The number of nitrogens with zero attached hydrogens (tertiary/aromatic N) is 4. The highest BCUT2D eigenvalue weighted by molar-refractivity contribution is 5.79. The van der Waals surface area contributed by atoms with Crippen LogP contribution >= 0.6 is 0 Å². The summed E-state index contributed by atoms with van der Waals surface area (Å²) in [5.74, 6) is -0.787. The fourth-order valence-corrected chi connectivity index (χ4v) is 3.40. The molecule has 1 fully saturated rings. The molecule has 1 aliphatic heterocycles. The molecule has 28 heavy (non-hydrogen) atoms. The van der Waals surface area contributed by atoms with Gasteiger partial charge >= 0.3 is 0 Å². The summed E-state index contributed by atoms with van der Waals surface area (Å²) in [6, 6.07) is 4.47. The number of guanidine groups is 1. The Morgan fingerprint density at radius 2 is 2.04 bits per heavy atom. The predicted octanol–water partition coefficient (Wildman–Crippen LogP) is 2.30. The largest absolute Gasteiger partial charge is 0.355 e. The fraction of sp³-hybridized carbons (Fsp3) is 0.500. The molecule has 0 atom stereocenters. The van der Waals surface area contributed by atoms with Gasteiger partial charge in [0.25, 0.3) is 0 Å². The van der Waals surface area contributed by atoms with Gasteiger partial charge in [0.05, 0.1) is 12.7 Å². The lowest BCUT2D eigenvalue weighted by atomic mass is 10.0. The van der Waals surface area contributed by atoms with Crippen molar-refractivity contribution in [3.63, 3.8) is 0 Å². The minimum absolute atomic E-state index is 0.347. The van der Waals surface area contributed by atoms with E-state index in [0.29, 0.717) is 12.6 Å². The number of piperidine rings is 1. The van der Waals surface area contributed by atoms with E-state index in [1.165, 1.54) is 12.1 Å². The number of aromatic nitrogens is 2. The summed E-state index contributed by atoms with van der Waals surface area (Å²) in [5.41, 5.74) is 1.95. The van der Waals surface area contributed by atoms with E-state index in [0.717, 1.165) is 56.1 Å². The van der Waals surface area contributed by atoms with Crippen molar-refractivity contribution in [2.75, 3.05) is 26.7 Å². The SMILES string of the molecule is CN=C(NCCn1cc(C)cn1)NC1CCN(Cc2ccc(F)c(F)c2)CC1. The van der Waals surface area contributed by atoms with Crippen LogP contribution in [0, 0.1) is 18.6 Å². The Labute approximate surface area is 164 Å². The maximum Gasteiger partial charge on any atom is 0.191 e. The zero-order valence-electron chi connectivity index (χ0n) is 16.5. The fourth-order valence-electron chi connectivity index (χ4n) is 3.40. The van der Waals surface area contributed by atoms with E-state index in [1.54, 1.807) is 13.1 Å². The monoisotopic (exact) mass is 390 g/mol. The van der Waals surface area contributed by atoms with Crippen molar-refractivity contribution in [3.05, 3.63) is 53.4 Å². The first-order valence-corrected chi connectivity index (χ1v) is 9.66. The molecule has 8 heteroatoms. The van der Waals surface area contributed by atoms with E-state index in [2.05, 4.69) is 25.6 Å². The standard InChI is InChI=1S/C20H28F2N6/c1-15-12-25-28(13-15)10-7-24-20(23-2)26-17-5-8-27(9-6-17)14-16-3-4-18(21)19(22)11-16/h3-4,11-13,17H,5-10,14H2,1-2H3,(H2,23,24,26). The predicted molar refractivity (Wildman–Crippen MR) is 106 cm³/mol. The van der Waals surface area contributed by atoms with Gasteiger partial charge in [0.2, 0.25) is 0 Å². The first-order chi connectivity index (χ1) is 13.5. The highest BCUT2D eigenvalue weighted by atomic mass is 19.2. The Kier molecular flexibility index (Phi) is 6.97. The van der Waals surface area contributed by atoms with Crippen molar-refractivity contribution in [3.8, 4) is 0 Å². The average Bonchev–Trinajstić information content (AvgIpc) is 3.10. The maximum absolute atomic E-state index is 13.4. The molecule has 1 aromatic heterocycles. The van der Waals surface area contributed by atoms with E-state index in [-0.39, 0.29) is 0 Å². The molecule has 3 rings (SSSR count). The normalized spacial score (nSPS) is 16.4. The molecule has 1 aromatic carbocycles. The van der Waals surface area contributed by atoms with E-state index in [9.17, 15) is 8.78 Å². The zero-order chi connectivity index (χ0) is 19.9. The van der Waals surface area contributed by atoms with Crippen molar-refractivity contribution in [1.82, 2.24) is 25.3 Å². The average molecular weight is 390 g/mol. The van der Waals surface area contributed by atoms with Crippen LogP contribution in [-0.2, 0) is 13.1 Å². The highest BCUT2D eigenvalue weighted by Crippen LogP contribution is 2.15. The minimum atomic E-state index is -0.798. The Hall–Kier alpha value is -2.48. The van der Waals surface area contributed by atoms with Crippen molar-refractivity contribution in [2.45, 2.75) is 38.9 Å². The Morgan fingerprint density at radius 1 is 1.25 bits per heavy atom. The van der Waals surface area contributed by atoms with Gasteiger partial charge in [-0.05, 0) is 43.0 Å². The van der Waals surface area contributed by atoms with Crippen LogP contribution in [0.25, 0.3) is 0 Å². The summed E-state index contributed by atoms with van der Waals surface area (Å²) >= 11 is 0. The number of aryl methyl sites for hydroxylation is 1. The Balaban J connectivity index is 1.39. The molecule has 6 nitrogen and oxygen atoms in total. The Bertz CT molecular complexity index is 796. The number of hydrogen-bond acceptors (Lipinski definition) is 3. The smallest absolute Gasteiger partial charge is 0.191 e. The van der Waals surface area contributed by atoms with Gasteiger partial charge in [0, 0.05) is 45.5 Å². The quantitative estimate of drug-likeness (QED) is 0.587. The van der Waals surface area contributed by atoms with Crippen molar-refractivity contribution in [1.29, 1.82) is 0 Å². The molecule has 0 bridgehead atoms. The molecule has 2 N–H and O–H groups in total. The molecule has 2 aromatic rings. The number of likely N-dealkylation sites (tertiary alicyclic amines) is 1. The summed E-state index contributed by atoms with van der Waals surface area (Å²) in [6.07, 6.45) is 5.81. The van der Waals surface area contributed by atoms with Gasteiger partial charge < -0.3 is 10.6 Å². The minimum Gasteiger partial charge on any atom is -0.355 e. The van der Waals surface area contributed by atoms with Crippen LogP contribution < -0.4 is 10.6 Å². The number of benzene rings is 1. The Morgan fingerprint density at radius 3 is 2.68 bits per heavy atom. The van der Waals surface area contributed by atoms with Gasteiger partial charge in [0.15, 0.2) is 17.6 Å². The number of nitrogens with one attached hydrogen (secondary N) is 2. The van der Waals surface area contributed by atoms with Crippen LogP contribution in [0.2, 0.25) is 0 Å². The second-order valence-electron chi connectivity index (χ2n) is 7.22. The lowest BCUT2D eigenvalue weighted by Gasteiger charge is -2.33. The molecule has 0 amide bonds. The van der Waals surface area contributed by atoms with Crippen LogP contribution in [0.5, 0.6) is 0 Å². The van der Waals surface area contributed by atoms with Crippen molar-refractivity contribution >= 4 is 5.96 Å². The van der Waals surface area contributed by atoms with Crippen LogP contribution in [0.1, 0.15) is 24.0 Å². The molecule has 1 saturated heterocycles. The van der Waals surface area contributed by atoms with Gasteiger partial charge in [-0.15, -0.1) is 0 Å². The topological polar surface area (TPSA) is 57.5 Å². The van der Waals surface area contributed by atoms with Crippen LogP contribution in [0.15, 0.2) is 35.6 Å². The summed E-state index contributed by atoms with van der Waals surface area (Å²) in [7, 11) is 1.77. The lowest BCUT2D eigenvalue weighted by Crippen LogP contribution is -2.49. The van der Waals surface area contributed by atoms with E-state index in [1.807, 2.05) is 24.0 Å². The first kappa shape index (κ1) is 20.3. The molecule has 0 unspecified atom stereocenters. The van der Waals surface area contributed by atoms with Crippen molar-refractivity contribution < 1.29 is 8.78 Å². The number of hydrogen-bond donors (Lipinski definition) is 2. The molecule has 1 aliphatic rings.